The molecule has 0 saturated heterocycles. The zero-order valence-electron chi connectivity index (χ0n) is 14.0. The fraction of sp³-hybridized carbons (Fsp3) is 0.111. The van der Waals surface area contributed by atoms with Crippen LogP contribution >= 0.6 is 23.6 Å². The molecule has 3 aromatic rings. The third-order valence-corrected chi connectivity index (χ3v) is 4.71. The molecule has 8 heteroatoms. The van der Waals surface area contributed by atoms with E-state index in [0.717, 1.165) is 15.8 Å². The summed E-state index contributed by atoms with van der Waals surface area (Å²) in [4.78, 5) is 28.2. The van der Waals surface area contributed by atoms with Crippen LogP contribution in [0.2, 0.25) is 0 Å². The van der Waals surface area contributed by atoms with E-state index < -0.39 is 5.97 Å². The number of thiocarbonyl (C=S) groups is 1. The van der Waals surface area contributed by atoms with Gasteiger partial charge in [0.15, 0.2) is 10.2 Å². The molecule has 0 aliphatic rings. The van der Waals surface area contributed by atoms with Gasteiger partial charge in [-0.15, -0.1) is 0 Å². The number of anilines is 1. The maximum absolute atomic E-state index is 12.2. The van der Waals surface area contributed by atoms with Gasteiger partial charge in [-0.05, 0) is 49.5 Å². The minimum Gasteiger partial charge on any atom is -0.465 e. The molecule has 0 aliphatic heterocycles. The predicted molar refractivity (Wildman–Crippen MR) is 106 cm³/mol. The number of nitrogens with one attached hydrogen (secondary N) is 2. The van der Waals surface area contributed by atoms with Gasteiger partial charge in [-0.25, -0.2) is 9.78 Å². The molecule has 0 saturated carbocycles. The smallest absolute Gasteiger partial charge is 0.337 e. The fourth-order valence-electron chi connectivity index (χ4n) is 2.23. The molecule has 26 heavy (non-hydrogen) atoms. The number of thiazole rings is 1. The van der Waals surface area contributed by atoms with E-state index in [9.17, 15) is 9.59 Å². The van der Waals surface area contributed by atoms with E-state index in [2.05, 4.69) is 15.6 Å². The number of ether oxygens (including phenoxy) is 1. The minimum absolute atomic E-state index is 0.155. The molecule has 0 bridgehead atoms. The number of carbonyl (C=O) groups is 2. The molecule has 0 fully saturated rings. The number of amides is 1. The maximum Gasteiger partial charge on any atom is 0.337 e. The molecular weight excluding hydrogens is 370 g/mol. The Kier molecular flexibility index (Phi) is 5.24. The van der Waals surface area contributed by atoms with Gasteiger partial charge in [-0.1, -0.05) is 29.0 Å². The molecule has 3 rings (SSSR count). The highest BCUT2D eigenvalue weighted by Gasteiger charge is 2.12. The number of nitrogens with zero attached hydrogens (tertiary/aromatic N) is 1. The van der Waals surface area contributed by atoms with E-state index in [-0.39, 0.29) is 11.0 Å². The summed E-state index contributed by atoms with van der Waals surface area (Å²) in [6.07, 6.45) is 0. The zero-order chi connectivity index (χ0) is 18.7. The molecule has 0 radical (unpaired) electrons. The Labute approximate surface area is 159 Å². The first-order chi connectivity index (χ1) is 12.5. The van der Waals surface area contributed by atoms with Crippen LogP contribution in [0.15, 0.2) is 42.5 Å². The van der Waals surface area contributed by atoms with Crippen LogP contribution in [0, 0.1) is 6.92 Å². The van der Waals surface area contributed by atoms with E-state index in [1.807, 2.05) is 19.1 Å². The lowest BCUT2D eigenvalue weighted by atomic mass is 10.1. The van der Waals surface area contributed by atoms with Crippen LogP contribution in [-0.2, 0) is 4.74 Å². The van der Waals surface area contributed by atoms with Crippen molar-refractivity contribution in [3.05, 3.63) is 59.2 Å². The summed E-state index contributed by atoms with van der Waals surface area (Å²) in [5.41, 5.74) is 2.76. The van der Waals surface area contributed by atoms with Crippen molar-refractivity contribution in [1.82, 2.24) is 10.3 Å². The fourth-order valence-corrected chi connectivity index (χ4v) is 3.40. The molecule has 2 N–H and O–H groups in total. The highest BCUT2D eigenvalue weighted by molar-refractivity contribution is 7.80. The molecule has 2 aromatic carbocycles. The largest absolute Gasteiger partial charge is 0.465 e. The van der Waals surface area contributed by atoms with Crippen molar-refractivity contribution in [2.75, 3.05) is 12.4 Å². The second kappa shape index (κ2) is 7.59. The summed E-state index contributed by atoms with van der Waals surface area (Å²) < 4.78 is 5.52. The third kappa shape index (κ3) is 4.04. The van der Waals surface area contributed by atoms with Crippen LogP contribution in [0.3, 0.4) is 0 Å². The van der Waals surface area contributed by atoms with E-state index in [4.69, 9.17) is 17.0 Å². The third-order valence-electron chi connectivity index (χ3n) is 3.57. The highest BCUT2D eigenvalue weighted by Crippen LogP contribution is 2.27. The van der Waals surface area contributed by atoms with Crippen LogP contribution in [0.1, 0.15) is 26.3 Å². The molecular formula is C18H15N3O3S2. The van der Waals surface area contributed by atoms with Gasteiger partial charge < -0.3 is 10.1 Å². The van der Waals surface area contributed by atoms with Gasteiger partial charge in [0.1, 0.15) is 0 Å². The zero-order valence-corrected chi connectivity index (χ0v) is 15.7. The Morgan fingerprint density at radius 2 is 1.81 bits per heavy atom. The van der Waals surface area contributed by atoms with Crippen LogP contribution in [0.25, 0.3) is 10.2 Å². The number of benzene rings is 2. The number of aryl methyl sites for hydroxylation is 1. The van der Waals surface area contributed by atoms with Crippen LogP contribution < -0.4 is 10.6 Å². The summed E-state index contributed by atoms with van der Waals surface area (Å²) in [5.74, 6) is -0.702. The van der Waals surface area contributed by atoms with Crippen molar-refractivity contribution in [2.24, 2.45) is 0 Å². The van der Waals surface area contributed by atoms with Crippen molar-refractivity contribution < 1.29 is 14.3 Å². The number of carbonyl (C=O) groups excluding carboxylic acids is 2. The van der Waals surface area contributed by atoms with E-state index in [1.165, 1.54) is 18.4 Å². The Hall–Kier alpha value is -2.84. The van der Waals surface area contributed by atoms with Gasteiger partial charge in [0.05, 0.1) is 22.9 Å². The molecule has 1 heterocycles. The number of rotatable bonds is 3. The lowest BCUT2D eigenvalue weighted by Gasteiger charge is -2.07. The van der Waals surface area contributed by atoms with E-state index >= 15 is 0 Å². The van der Waals surface area contributed by atoms with Gasteiger partial charge in [-0.2, -0.15) is 0 Å². The topological polar surface area (TPSA) is 80.3 Å². The summed E-state index contributed by atoms with van der Waals surface area (Å²) in [6.45, 7) is 1.95. The molecule has 1 amide bonds. The summed E-state index contributed by atoms with van der Waals surface area (Å²) in [7, 11) is 1.33. The molecule has 0 spiro atoms. The average molecular weight is 385 g/mol. The predicted octanol–water partition coefficient (Wildman–Crippen LogP) is 3.52. The van der Waals surface area contributed by atoms with E-state index in [0.29, 0.717) is 16.3 Å². The van der Waals surface area contributed by atoms with Crippen molar-refractivity contribution in [3.63, 3.8) is 0 Å². The number of hydrogen-bond donors (Lipinski definition) is 2. The molecule has 1 aromatic heterocycles. The average Bonchev–Trinajstić information content (AvgIpc) is 3.02. The van der Waals surface area contributed by atoms with E-state index in [1.54, 1.807) is 30.3 Å². The standard InChI is InChI=1S/C18H15N3O3S2/c1-10-3-5-11(6-4-10)15(22)20-17(25)21-18-19-13-8-7-12(16(23)24-2)9-14(13)26-18/h3-9H,1-2H3,(H2,19,20,21,22,25). The van der Waals surface area contributed by atoms with Crippen LogP contribution in [-0.4, -0.2) is 29.1 Å². The Bertz CT molecular complexity index is 997. The first-order valence-electron chi connectivity index (χ1n) is 7.64. The Morgan fingerprint density at radius 1 is 1.12 bits per heavy atom. The van der Waals surface area contributed by atoms with Crippen LogP contribution in [0.5, 0.6) is 0 Å². The van der Waals surface area contributed by atoms with Crippen molar-refractivity contribution >= 4 is 55.9 Å². The highest BCUT2D eigenvalue weighted by atomic mass is 32.1. The van der Waals surface area contributed by atoms with Gasteiger partial charge >= 0.3 is 5.97 Å². The van der Waals surface area contributed by atoms with Crippen molar-refractivity contribution in [2.45, 2.75) is 6.92 Å². The molecule has 0 unspecified atom stereocenters. The quantitative estimate of drug-likeness (QED) is 0.530. The second-order valence-electron chi connectivity index (χ2n) is 5.47. The maximum atomic E-state index is 12.2. The SMILES string of the molecule is COC(=O)c1ccc2nc(NC(=S)NC(=O)c3ccc(C)cc3)sc2c1. The molecule has 0 atom stereocenters. The number of aromatic nitrogens is 1. The first kappa shape index (κ1) is 18.0. The summed E-state index contributed by atoms with van der Waals surface area (Å²) >= 11 is 6.50. The number of fused-ring (bicyclic) bond motifs is 1. The molecule has 0 aliphatic carbocycles. The van der Waals surface area contributed by atoms with Gasteiger partial charge in [-0.3, -0.25) is 10.1 Å². The normalized spacial score (nSPS) is 10.4. The van der Waals surface area contributed by atoms with Gasteiger partial charge in [0.2, 0.25) is 0 Å². The second-order valence-corrected chi connectivity index (χ2v) is 6.91. The lowest BCUT2D eigenvalue weighted by molar-refractivity contribution is 0.0601. The number of methoxy groups -OCH3 is 1. The summed E-state index contributed by atoms with van der Waals surface area (Å²) in [6, 6.07) is 12.3. The summed E-state index contributed by atoms with van der Waals surface area (Å²) in [5, 5.41) is 6.20. The number of esters is 1. The van der Waals surface area contributed by atoms with Gasteiger partial charge in [0.25, 0.3) is 5.91 Å². The molecule has 132 valence electrons. The van der Waals surface area contributed by atoms with Gasteiger partial charge in [0, 0.05) is 5.56 Å². The van der Waals surface area contributed by atoms with Crippen molar-refractivity contribution in [3.8, 4) is 0 Å². The van der Waals surface area contributed by atoms with Crippen LogP contribution in [0.4, 0.5) is 5.13 Å². The number of hydrogen-bond acceptors (Lipinski definition) is 6. The Morgan fingerprint density at radius 3 is 2.50 bits per heavy atom. The van der Waals surface area contributed by atoms with Crippen molar-refractivity contribution in [1.29, 1.82) is 0 Å². The first-order valence-corrected chi connectivity index (χ1v) is 8.86. The molecule has 6 nitrogen and oxygen atoms in total. The minimum atomic E-state index is -0.407. The Balaban J connectivity index is 1.69. The lowest BCUT2D eigenvalue weighted by Crippen LogP contribution is -2.34. The monoisotopic (exact) mass is 385 g/mol.